The highest BCUT2D eigenvalue weighted by molar-refractivity contribution is 5.67. The van der Waals surface area contributed by atoms with Gasteiger partial charge >= 0.3 is 0 Å². The Bertz CT molecular complexity index is 590. The van der Waals surface area contributed by atoms with Crippen LogP contribution in [0.2, 0.25) is 0 Å². The summed E-state index contributed by atoms with van der Waals surface area (Å²) in [5.41, 5.74) is 3.15. The Hall–Kier alpha value is -1.81. The second-order valence-corrected chi connectivity index (χ2v) is 5.38. The first-order valence-corrected chi connectivity index (χ1v) is 7.30. The van der Waals surface area contributed by atoms with Crippen LogP contribution in [-0.4, -0.2) is 18.1 Å². The maximum atomic E-state index is 12.6. The summed E-state index contributed by atoms with van der Waals surface area (Å²) in [4.78, 5) is 3.88. The minimum absolute atomic E-state index is 0.168. The molecule has 3 rings (SSSR count). The van der Waals surface area contributed by atoms with E-state index in [-0.39, 0.29) is 5.69 Å². The number of alkyl halides is 2. The summed E-state index contributed by atoms with van der Waals surface area (Å²) in [5, 5.41) is 3.37. The first-order chi connectivity index (χ1) is 10.3. The molecule has 2 aromatic rings. The first kappa shape index (κ1) is 14.1. The third kappa shape index (κ3) is 3.10. The van der Waals surface area contributed by atoms with Gasteiger partial charge in [-0.2, -0.15) is 0 Å². The minimum Gasteiger partial charge on any atom is -0.317 e. The van der Waals surface area contributed by atoms with Crippen molar-refractivity contribution in [1.82, 2.24) is 10.3 Å². The lowest BCUT2D eigenvalue weighted by Crippen LogP contribution is -2.26. The number of halogens is 2. The highest BCUT2D eigenvalue weighted by atomic mass is 19.3. The van der Waals surface area contributed by atoms with Gasteiger partial charge in [-0.15, -0.1) is 0 Å². The molecule has 0 saturated carbocycles. The van der Waals surface area contributed by atoms with E-state index in [0.717, 1.165) is 37.1 Å². The molecule has 0 radical (unpaired) electrons. The zero-order valence-corrected chi connectivity index (χ0v) is 11.7. The van der Waals surface area contributed by atoms with Crippen LogP contribution >= 0.6 is 0 Å². The third-order valence-corrected chi connectivity index (χ3v) is 4.06. The molecule has 1 saturated heterocycles. The highest BCUT2D eigenvalue weighted by Gasteiger charge is 2.19. The smallest absolute Gasteiger partial charge is 0.280 e. The quantitative estimate of drug-likeness (QED) is 0.917. The van der Waals surface area contributed by atoms with Gasteiger partial charge in [0.05, 0.1) is 0 Å². The number of nitrogens with one attached hydrogen (secondary N) is 1. The van der Waals surface area contributed by atoms with Gasteiger partial charge in [-0.1, -0.05) is 30.3 Å². The van der Waals surface area contributed by atoms with Crippen LogP contribution < -0.4 is 5.32 Å². The number of benzene rings is 1. The van der Waals surface area contributed by atoms with E-state index in [9.17, 15) is 8.78 Å². The zero-order valence-electron chi connectivity index (χ0n) is 11.7. The topological polar surface area (TPSA) is 24.9 Å². The molecule has 110 valence electrons. The van der Waals surface area contributed by atoms with E-state index < -0.39 is 6.43 Å². The Balaban J connectivity index is 1.94. The van der Waals surface area contributed by atoms with Crippen LogP contribution in [0.25, 0.3) is 11.1 Å². The van der Waals surface area contributed by atoms with Gasteiger partial charge < -0.3 is 5.32 Å². The molecule has 0 aliphatic carbocycles. The molecule has 2 nitrogen and oxygen atoms in total. The van der Waals surface area contributed by atoms with Gasteiger partial charge in [-0.05, 0) is 49.0 Å². The second-order valence-electron chi connectivity index (χ2n) is 5.38. The van der Waals surface area contributed by atoms with Crippen molar-refractivity contribution in [3.8, 4) is 11.1 Å². The zero-order chi connectivity index (χ0) is 14.7. The number of hydrogen-bond acceptors (Lipinski definition) is 2. The number of pyridine rings is 1. The van der Waals surface area contributed by atoms with E-state index in [1.54, 1.807) is 12.3 Å². The summed E-state index contributed by atoms with van der Waals surface area (Å²) >= 11 is 0. The highest BCUT2D eigenvalue weighted by Crippen LogP contribution is 2.34. The lowest BCUT2D eigenvalue weighted by Gasteiger charge is -2.25. The Morgan fingerprint density at radius 3 is 2.48 bits per heavy atom. The van der Waals surface area contributed by atoms with Crippen molar-refractivity contribution in [2.24, 2.45) is 0 Å². The molecule has 0 amide bonds. The van der Waals surface area contributed by atoms with Crippen molar-refractivity contribution in [3.05, 3.63) is 53.9 Å². The van der Waals surface area contributed by atoms with Gasteiger partial charge in [-0.3, -0.25) is 4.98 Å². The summed E-state index contributed by atoms with van der Waals surface area (Å²) in [5.74, 6) is 0.525. The van der Waals surface area contributed by atoms with Crippen molar-refractivity contribution in [2.75, 3.05) is 13.1 Å². The van der Waals surface area contributed by atoms with E-state index >= 15 is 0 Å². The molecule has 0 bridgehead atoms. The van der Waals surface area contributed by atoms with Crippen LogP contribution in [-0.2, 0) is 0 Å². The fourth-order valence-corrected chi connectivity index (χ4v) is 2.94. The second kappa shape index (κ2) is 6.31. The molecule has 1 aromatic heterocycles. The molecular formula is C17H18F2N2. The molecule has 1 aromatic carbocycles. The van der Waals surface area contributed by atoms with Crippen LogP contribution in [0.3, 0.4) is 0 Å². The average Bonchev–Trinajstić information content (AvgIpc) is 2.56. The molecular weight excluding hydrogens is 270 g/mol. The van der Waals surface area contributed by atoms with Gasteiger partial charge in [0, 0.05) is 11.8 Å². The molecule has 2 heterocycles. The lowest BCUT2D eigenvalue weighted by atomic mass is 9.85. The van der Waals surface area contributed by atoms with E-state index in [2.05, 4.69) is 22.4 Å². The molecule has 0 atom stereocenters. The van der Waals surface area contributed by atoms with Crippen molar-refractivity contribution >= 4 is 0 Å². The lowest BCUT2D eigenvalue weighted by molar-refractivity contribution is 0.146. The van der Waals surface area contributed by atoms with Gasteiger partial charge in [-0.25, -0.2) is 8.78 Å². The summed E-state index contributed by atoms with van der Waals surface area (Å²) in [6.07, 6.45) is 1.26. The first-order valence-electron chi connectivity index (χ1n) is 7.30. The maximum absolute atomic E-state index is 12.6. The molecule has 4 heteroatoms. The van der Waals surface area contributed by atoms with E-state index in [0.29, 0.717) is 5.92 Å². The number of rotatable bonds is 3. The van der Waals surface area contributed by atoms with E-state index in [1.165, 1.54) is 11.6 Å². The molecule has 1 N–H and O–H groups in total. The summed E-state index contributed by atoms with van der Waals surface area (Å²) in [7, 11) is 0. The van der Waals surface area contributed by atoms with Gasteiger partial charge in [0.25, 0.3) is 6.43 Å². The number of hydrogen-bond donors (Lipinski definition) is 1. The summed E-state index contributed by atoms with van der Waals surface area (Å²) in [6.45, 7) is 2.06. The van der Waals surface area contributed by atoms with Gasteiger partial charge in [0.1, 0.15) is 5.69 Å². The Labute approximate surface area is 123 Å². The number of nitrogens with zero attached hydrogens (tertiary/aromatic N) is 1. The van der Waals surface area contributed by atoms with Crippen molar-refractivity contribution in [1.29, 1.82) is 0 Å². The molecule has 1 aliphatic heterocycles. The van der Waals surface area contributed by atoms with E-state index in [1.807, 2.05) is 12.1 Å². The van der Waals surface area contributed by atoms with Crippen molar-refractivity contribution < 1.29 is 8.78 Å². The summed E-state index contributed by atoms with van der Waals surface area (Å²) < 4.78 is 25.2. The fourth-order valence-electron chi connectivity index (χ4n) is 2.94. The number of piperidine rings is 1. The molecule has 0 spiro atoms. The van der Waals surface area contributed by atoms with Crippen LogP contribution in [0, 0.1) is 0 Å². The van der Waals surface area contributed by atoms with E-state index in [4.69, 9.17) is 0 Å². The van der Waals surface area contributed by atoms with Gasteiger partial charge in [0.2, 0.25) is 0 Å². The third-order valence-electron chi connectivity index (χ3n) is 4.06. The van der Waals surface area contributed by atoms with Crippen LogP contribution in [0.1, 0.15) is 36.4 Å². The summed E-state index contributed by atoms with van der Waals surface area (Å²) in [6, 6.07) is 11.4. The Kier molecular flexibility index (Phi) is 4.25. The maximum Gasteiger partial charge on any atom is 0.280 e. The predicted octanol–water partition coefficient (Wildman–Crippen LogP) is 4.15. The minimum atomic E-state index is -2.52. The van der Waals surface area contributed by atoms with Crippen molar-refractivity contribution in [3.63, 3.8) is 0 Å². The monoisotopic (exact) mass is 288 g/mol. The molecule has 1 fully saturated rings. The van der Waals surface area contributed by atoms with Gasteiger partial charge in [0.15, 0.2) is 0 Å². The largest absolute Gasteiger partial charge is 0.317 e. The predicted molar refractivity (Wildman–Crippen MR) is 79.5 cm³/mol. The number of aromatic nitrogens is 1. The molecule has 21 heavy (non-hydrogen) atoms. The Morgan fingerprint density at radius 2 is 1.81 bits per heavy atom. The SMILES string of the molecule is FC(F)c1ccc(-c2ccccc2C2CCNCC2)cn1. The molecule has 1 aliphatic rings. The fraction of sp³-hybridized carbons (Fsp3) is 0.353. The standard InChI is InChI=1S/C17H18F2N2/c18-17(19)16-6-5-13(11-21-16)15-4-2-1-3-14(15)12-7-9-20-10-8-12/h1-6,11-12,17,20H,7-10H2. The Morgan fingerprint density at radius 1 is 1.05 bits per heavy atom. The van der Waals surface area contributed by atoms with Crippen LogP contribution in [0.4, 0.5) is 8.78 Å². The van der Waals surface area contributed by atoms with Crippen LogP contribution in [0.5, 0.6) is 0 Å². The normalized spacial score (nSPS) is 16.3. The molecule has 0 unspecified atom stereocenters. The van der Waals surface area contributed by atoms with Crippen molar-refractivity contribution in [2.45, 2.75) is 25.2 Å². The average molecular weight is 288 g/mol. The van der Waals surface area contributed by atoms with Crippen LogP contribution in [0.15, 0.2) is 42.6 Å².